The van der Waals surface area contributed by atoms with Gasteiger partial charge in [0.05, 0.1) is 24.7 Å². The van der Waals surface area contributed by atoms with Crippen molar-refractivity contribution in [2.24, 2.45) is 0 Å². The fraction of sp³-hybridized carbons (Fsp3) is 0.533. The number of rotatable bonds is 5. The molecule has 1 fully saturated rings. The van der Waals surface area contributed by atoms with Gasteiger partial charge in [0.1, 0.15) is 0 Å². The Bertz CT molecular complexity index is 611. The highest BCUT2D eigenvalue weighted by molar-refractivity contribution is 5.96. The maximum absolute atomic E-state index is 12.7. The van der Waals surface area contributed by atoms with Gasteiger partial charge in [0.25, 0.3) is 5.91 Å². The van der Waals surface area contributed by atoms with Crippen molar-refractivity contribution in [2.75, 3.05) is 34.4 Å². The number of nitrogens with one attached hydrogen (secondary N) is 1. The van der Waals surface area contributed by atoms with Crippen LogP contribution in [0.2, 0.25) is 0 Å². The summed E-state index contributed by atoms with van der Waals surface area (Å²) in [7, 11) is 4.57. The van der Waals surface area contributed by atoms with E-state index in [9.17, 15) is 14.9 Å². The minimum Gasteiger partial charge on any atom is -0.493 e. The van der Waals surface area contributed by atoms with Crippen LogP contribution in [0.3, 0.4) is 0 Å². The summed E-state index contributed by atoms with van der Waals surface area (Å²) in [5.41, 5.74) is -0.0523. The second kappa shape index (κ2) is 8.70. The Hall–Kier alpha value is -2.06. The Kier molecular flexibility index (Phi) is 7.24. The molecule has 9 heteroatoms. The molecular weight excluding hydrogens is 338 g/mol. The maximum atomic E-state index is 12.7. The van der Waals surface area contributed by atoms with Crippen LogP contribution in [0.4, 0.5) is 5.69 Å². The molecule has 2 rings (SSSR count). The van der Waals surface area contributed by atoms with E-state index < -0.39 is 4.92 Å². The highest BCUT2D eigenvalue weighted by atomic mass is 35.5. The first-order chi connectivity index (χ1) is 11.0. The van der Waals surface area contributed by atoms with Crippen LogP contribution in [0.1, 0.15) is 23.2 Å². The first-order valence-electron chi connectivity index (χ1n) is 7.38. The molecule has 1 N–H and O–H groups in total. The van der Waals surface area contributed by atoms with E-state index in [2.05, 4.69) is 5.32 Å². The van der Waals surface area contributed by atoms with Gasteiger partial charge < -0.3 is 19.7 Å². The van der Waals surface area contributed by atoms with E-state index in [1.807, 2.05) is 7.05 Å². The first kappa shape index (κ1) is 20.0. The largest absolute Gasteiger partial charge is 0.493 e. The lowest BCUT2D eigenvalue weighted by molar-refractivity contribution is -0.385. The normalized spacial score (nSPS) is 17.0. The molecule has 1 aliphatic rings. The Labute approximate surface area is 146 Å². The van der Waals surface area contributed by atoms with Crippen molar-refractivity contribution in [3.8, 4) is 11.5 Å². The molecule has 1 aromatic rings. The number of benzene rings is 1. The van der Waals surface area contributed by atoms with Gasteiger partial charge >= 0.3 is 5.69 Å². The van der Waals surface area contributed by atoms with Gasteiger partial charge in [-0.1, -0.05) is 0 Å². The lowest BCUT2D eigenvalue weighted by atomic mass is 10.0. The van der Waals surface area contributed by atoms with Gasteiger partial charge in [-0.05, 0) is 26.0 Å². The lowest BCUT2D eigenvalue weighted by Gasteiger charge is -2.32. The summed E-state index contributed by atoms with van der Waals surface area (Å²) in [5, 5.41) is 14.4. The van der Waals surface area contributed by atoms with Gasteiger partial charge in [-0.3, -0.25) is 14.9 Å². The van der Waals surface area contributed by atoms with Gasteiger partial charge in [0, 0.05) is 25.2 Å². The van der Waals surface area contributed by atoms with Crippen LogP contribution in [0.15, 0.2) is 12.1 Å². The summed E-state index contributed by atoms with van der Waals surface area (Å²) >= 11 is 0. The standard InChI is InChI=1S/C15H21N3O5.ClH/c1-16-11-5-4-6-17(9-11)15(19)10-7-12(18(20)21)14(23-3)13(8-10)22-2;/h7-8,11,16H,4-6,9H2,1-3H3;1H. The number of nitro groups is 1. The molecule has 8 nitrogen and oxygen atoms in total. The highest BCUT2D eigenvalue weighted by Crippen LogP contribution is 2.38. The topological polar surface area (TPSA) is 93.9 Å². The number of amides is 1. The zero-order valence-electron chi connectivity index (χ0n) is 13.9. The van der Waals surface area contributed by atoms with Gasteiger partial charge in [0.15, 0.2) is 5.75 Å². The third-order valence-electron chi connectivity index (χ3n) is 4.02. The molecule has 0 bridgehead atoms. The summed E-state index contributed by atoms with van der Waals surface area (Å²) in [5.74, 6) is -0.0537. The number of carbonyl (C=O) groups is 1. The van der Waals surface area contributed by atoms with Crippen LogP contribution in [0.5, 0.6) is 11.5 Å². The molecule has 1 heterocycles. The molecule has 134 valence electrons. The summed E-state index contributed by atoms with van der Waals surface area (Å²) < 4.78 is 10.2. The van der Waals surface area contributed by atoms with Crippen molar-refractivity contribution in [1.82, 2.24) is 10.2 Å². The summed E-state index contributed by atoms with van der Waals surface area (Å²) in [6, 6.07) is 2.96. The first-order valence-corrected chi connectivity index (χ1v) is 7.38. The molecule has 0 spiro atoms. The molecule has 1 aliphatic heterocycles. The van der Waals surface area contributed by atoms with E-state index in [0.717, 1.165) is 12.8 Å². The van der Waals surface area contributed by atoms with Crippen molar-refractivity contribution in [3.05, 3.63) is 27.8 Å². The number of likely N-dealkylation sites (tertiary alicyclic amines) is 1. The Balaban J connectivity index is 0.00000288. The second-order valence-corrected chi connectivity index (χ2v) is 5.37. The Morgan fingerprint density at radius 2 is 2.08 bits per heavy atom. The van der Waals surface area contributed by atoms with Crippen molar-refractivity contribution in [3.63, 3.8) is 0 Å². The van der Waals surface area contributed by atoms with E-state index in [4.69, 9.17) is 9.47 Å². The summed E-state index contributed by atoms with van der Waals surface area (Å²) in [6.45, 7) is 1.22. The molecule has 0 radical (unpaired) electrons. The third-order valence-corrected chi connectivity index (χ3v) is 4.02. The third kappa shape index (κ3) is 4.07. The maximum Gasteiger partial charge on any atom is 0.315 e. The number of carbonyl (C=O) groups excluding carboxylic acids is 1. The average molecular weight is 360 g/mol. The lowest BCUT2D eigenvalue weighted by Crippen LogP contribution is -2.46. The van der Waals surface area contributed by atoms with E-state index in [-0.39, 0.29) is 47.1 Å². The Morgan fingerprint density at radius 3 is 2.62 bits per heavy atom. The van der Waals surface area contributed by atoms with Crippen LogP contribution < -0.4 is 14.8 Å². The number of piperidine rings is 1. The number of ether oxygens (including phenoxy) is 2. The van der Waals surface area contributed by atoms with Gasteiger partial charge in [-0.25, -0.2) is 0 Å². The molecular formula is C15H22ClN3O5. The predicted molar refractivity (Wildman–Crippen MR) is 91.4 cm³/mol. The highest BCUT2D eigenvalue weighted by Gasteiger charge is 2.28. The van der Waals surface area contributed by atoms with Crippen molar-refractivity contribution >= 4 is 24.0 Å². The van der Waals surface area contributed by atoms with Crippen LogP contribution in [0.25, 0.3) is 0 Å². The van der Waals surface area contributed by atoms with E-state index in [1.54, 1.807) is 4.90 Å². The predicted octanol–water partition coefficient (Wildman–Crippen LogP) is 1.86. The number of nitro benzene ring substituents is 1. The SMILES string of the molecule is CNC1CCCN(C(=O)c2cc(OC)c(OC)c([N+](=O)[O-])c2)C1.Cl. The molecule has 0 saturated carbocycles. The number of hydrogen-bond acceptors (Lipinski definition) is 6. The molecule has 24 heavy (non-hydrogen) atoms. The summed E-state index contributed by atoms with van der Waals surface area (Å²) in [6.07, 6.45) is 1.90. The molecule has 1 saturated heterocycles. The molecule has 0 aliphatic carbocycles. The molecule has 1 unspecified atom stereocenters. The van der Waals surface area contributed by atoms with Crippen LogP contribution in [-0.4, -0.2) is 56.1 Å². The van der Waals surface area contributed by atoms with Crippen LogP contribution in [-0.2, 0) is 0 Å². The fourth-order valence-corrected chi connectivity index (χ4v) is 2.78. The molecule has 1 aromatic carbocycles. The number of likely N-dealkylation sites (N-methyl/N-ethyl adjacent to an activating group) is 1. The molecule has 1 amide bonds. The van der Waals surface area contributed by atoms with Gasteiger partial charge in [-0.15, -0.1) is 12.4 Å². The Morgan fingerprint density at radius 1 is 1.38 bits per heavy atom. The van der Waals surface area contributed by atoms with Crippen molar-refractivity contribution in [1.29, 1.82) is 0 Å². The average Bonchev–Trinajstić information content (AvgIpc) is 2.59. The smallest absolute Gasteiger partial charge is 0.315 e. The quantitative estimate of drug-likeness (QED) is 0.637. The second-order valence-electron chi connectivity index (χ2n) is 5.37. The minimum atomic E-state index is -0.579. The van der Waals surface area contributed by atoms with Crippen molar-refractivity contribution < 1.29 is 19.2 Å². The van der Waals surface area contributed by atoms with Gasteiger partial charge in [0.2, 0.25) is 5.75 Å². The fourth-order valence-electron chi connectivity index (χ4n) is 2.78. The van der Waals surface area contributed by atoms with Crippen LogP contribution >= 0.6 is 12.4 Å². The minimum absolute atomic E-state index is 0. The van der Waals surface area contributed by atoms with Crippen LogP contribution in [0, 0.1) is 10.1 Å². The monoisotopic (exact) mass is 359 g/mol. The molecule has 0 aromatic heterocycles. The van der Waals surface area contributed by atoms with E-state index in [0.29, 0.717) is 13.1 Å². The van der Waals surface area contributed by atoms with E-state index in [1.165, 1.54) is 26.4 Å². The number of halogens is 1. The number of nitrogens with zero attached hydrogens (tertiary/aromatic N) is 2. The zero-order chi connectivity index (χ0) is 17.0. The zero-order valence-corrected chi connectivity index (χ0v) is 14.7. The van der Waals surface area contributed by atoms with E-state index >= 15 is 0 Å². The number of methoxy groups -OCH3 is 2. The number of hydrogen-bond donors (Lipinski definition) is 1. The van der Waals surface area contributed by atoms with Crippen molar-refractivity contribution in [2.45, 2.75) is 18.9 Å². The molecule has 1 atom stereocenters. The van der Waals surface area contributed by atoms with Gasteiger partial charge in [-0.2, -0.15) is 0 Å². The summed E-state index contributed by atoms with van der Waals surface area (Å²) in [4.78, 5) is 25.0.